The van der Waals surface area contributed by atoms with E-state index in [0.29, 0.717) is 26.4 Å². The summed E-state index contributed by atoms with van der Waals surface area (Å²) >= 11 is 7.05. The Hall–Kier alpha value is -2.90. The molecule has 0 saturated heterocycles. The van der Waals surface area contributed by atoms with Gasteiger partial charge in [0.05, 0.1) is 11.7 Å². The Labute approximate surface area is 190 Å². The lowest BCUT2D eigenvalue weighted by atomic mass is 10.1. The van der Waals surface area contributed by atoms with Crippen LogP contribution < -0.4 is 4.74 Å². The van der Waals surface area contributed by atoms with Crippen LogP contribution in [-0.4, -0.2) is 35.4 Å². The Morgan fingerprint density at radius 1 is 1.13 bits per heavy atom. The highest BCUT2D eigenvalue weighted by Gasteiger charge is 2.21. The fraction of sp³-hybridized carbons (Fsp3) is 0.261. The van der Waals surface area contributed by atoms with Crippen LogP contribution in [-0.2, 0) is 16.1 Å². The van der Waals surface area contributed by atoms with Gasteiger partial charge in [0.25, 0.3) is 5.91 Å². The van der Waals surface area contributed by atoms with Crippen molar-refractivity contribution >= 4 is 34.8 Å². The minimum absolute atomic E-state index is 0.130. The van der Waals surface area contributed by atoms with Gasteiger partial charge in [-0.15, -0.1) is 11.3 Å². The molecule has 0 radical (unpaired) electrons. The molecule has 8 heteroatoms. The number of thiazole rings is 1. The maximum absolute atomic E-state index is 12.5. The summed E-state index contributed by atoms with van der Waals surface area (Å²) in [5, 5.41) is 1.27. The first-order valence-electron chi connectivity index (χ1n) is 9.67. The van der Waals surface area contributed by atoms with Crippen molar-refractivity contribution in [1.29, 1.82) is 0 Å². The number of aryl methyl sites for hydroxylation is 1. The molecule has 0 bridgehead atoms. The predicted octanol–water partition coefficient (Wildman–Crippen LogP) is 5.06. The van der Waals surface area contributed by atoms with Crippen LogP contribution in [0.1, 0.15) is 38.9 Å². The highest BCUT2D eigenvalue weighted by atomic mass is 35.5. The molecule has 1 heterocycles. The van der Waals surface area contributed by atoms with Crippen molar-refractivity contribution in [2.75, 3.05) is 13.7 Å². The van der Waals surface area contributed by atoms with Crippen LogP contribution >= 0.6 is 22.9 Å². The summed E-state index contributed by atoms with van der Waals surface area (Å²) in [6.07, 6.45) is 0. The monoisotopic (exact) mass is 458 g/mol. The summed E-state index contributed by atoms with van der Waals surface area (Å²) in [5.41, 5.74) is 1.55. The van der Waals surface area contributed by atoms with Crippen molar-refractivity contribution in [3.8, 4) is 5.75 Å². The minimum atomic E-state index is -0.568. The van der Waals surface area contributed by atoms with Crippen LogP contribution in [0.4, 0.5) is 0 Å². The smallest absolute Gasteiger partial charge is 0.350 e. The summed E-state index contributed by atoms with van der Waals surface area (Å²) in [4.78, 5) is 31.2. The molecular formula is C23H23ClN2O4S. The van der Waals surface area contributed by atoms with Gasteiger partial charge in [-0.25, -0.2) is 9.78 Å². The van der Waals surface area contributed by atoms with Crippen LogP contribution in [0.5, 0.6) is 5.75 Å². The maximum atomic E-state index is 12.5. The number of benzene rings is 2. The molecule has 0 N–H and O–H groups in total. The molecule has 31 heavy (non-hydrogen) atoms. The van der Waals surface area contributed by atoms with Crippen molar-refractivity contribution in [2.24, 2.45) is 0 Å². The third kappa shape index (κ3) is 6.06. The predicted molar refractivity (Wildman–Crippen MR) is 121 cm³/mol. The zero-order chi connectivity index (χ0) is 22.4. The lowest BCUT2D eigenvalue weighted by molar-refractivity contribution is -0.135. The number of halogens is 1. The summed E-state index contributed by atoms with van der Waals surface area (Å²) < 4.78 is 10.9. The molecule has 0 aliphatic heterocycles. The van der Waals surface area contributed by atoms with Gasteiger partial charge in [-0.3, -0.25) is 4.79 Å². The summed E-state index contributed by atoms with van der Waals surface area (Å²) in [7, 11) is 1.69. The van der Waals surface area contributed by atoms with Gasteiger partial charge >= 0.3 is 5.97 Å². The molecule has 0 fully saturated rings. The molecule has 0 aliphatic carbocycles. The van der Waals surface area contributed by atoms with E-state index in [-0.39, 0.29) is 25.2 Å². The van der Waals surface area contributed by atoms with Crippen molar-refractivity contribution in [3.63, 3.8) is 0 Å². The van der Waals surface area contributed by atoms with Crippen molar-refractivity contribution in [2.45, 2.75) is 26.5 Å². The Morgan fingerprint density at radius 3 is 2.48 bits per heavy atom. The number of likely N-dealkylation sites (N-methyl/N-ethyl adjacent to an activating group) is 1. The van der Waals surface area contributed by atoms with E-state index in [2.05, 4.69) is 4.98 Å². The summed E-state index contributed by atoms with van der Waals surface area (Å²) in [6, 6.07) is 16.5. The topological polar surface area (TPSA) is 68.7 Å². The fourth-order valence-electron chi connectivity index (χ4n) is 2.85. The molecule has 162 valence electrons. The molecule has 0 spiro atoms. The van der Waals surface area contributed by atoms with Crippen molar-refractivity contribution in [1.82, 2.24) is 9.88 Å². The Kier molecular flexibility index (Phi) is 7.65. The summed E-state index contributed by atoms with van der Waals surface area (Å²) in [6.45, 7) is 3.54. The largest absolute Gasteiger partial charge is 0.486 e. The van der Waals surface area contributed by atoms with Crippen LogP contribution in [0.2, 0.25) is 5.02 Å². The third-order valence-corrected chi connectivity index (χ3v) is 6.15. The first-order valence-corrected chi connectivity index (χ1v) is 10.9. The number of esters is 1. The normalized spacial score (nSPS) is 11.6. The number of rotatable bonds is 8. The van der Waals surface area contributed by atoms with E-state index >= 15 is 0 Å². The Bertz CT molecular complexity index is 1040. The molecule has 3 rings (SSSR count). The van der Waals surface area contributed by atoms with Gasteiger partial charge < -0.3 is 14.4 Å². The van der Waals surface area contributed by atoms with E-state index in [1.807, 2.05) is 37.3 Å². The molecular weight excluding hydrogens is 436 g/mol. The van der Waals surface area contributed by atoms with Gasteiger partial charge in [-0.1, -0.05) is 41.9 Å². The molecule has 0 saturated carbocycles. The molecule has 3 aromatic rings. The Morgan fingerprint density at radius 2 is 1.81 bits per heavy atom. The number of hydrogen-bond acceptors (Lipinski definition) is 6. The second-order valence-corrected chi connectivity index (χ2v) is 8.45. The number of carbonyl (C=O) groups excluding carboxylic acids is 2. The van der Waals surface area contributed by atoms with Gasteiger partial charge in [-0.05, 0) is 43.7 Å². The van der Waals surface area contributed by atoms with E-state index < -0.39 is 5.97 Å². The first kappa shape index (κ1) is 22.8. The van der Waals surface area contributed by atoms with Crippen LogP contribution in [0.3, 0.4) is 0 Å². The zero-order valence-electron chi connectivity index (χ0n) is 17.5. The fourth-order valence-corrected chi connectivity index (χ4v) is 3.84. The number of hydrogen-bond donors (Lipinski definition) is 0. The first-order chi connectivity index (χ1) is 14.8. The number of aromatic nitrogens is 1. The number of amides is 1. The van der Waals surface area contributed by atoms with Crippen LogP contribution in [0.25, 0.3) is 0 Å². The molecule has 1 amide bonds. The van der Waals surface area contributed by atoms with Gasteiger partial charge in [0.1, 0.15) is 22.2 Å². The average molecular weight is 459 g/mol. The van der Waals surface area contributed by atoms with E-state index in [0.717, 1.165) is 5.56 Å². The van der Waals surface area contributed by atoms with Crippen LogP contribution in [0, 0.1) is 6.92 Å². The van der Waals surface area contributed by atoms with Crippen LogP contribution in [0.15, 0.2) is 54.6 Å². The lowest BCUT2D eigenvalue weighted by Crippen LogP contribution is -2.33. The standard InChI is InChI=1S/C23H23ClN2O4S/c1-15-22(31-20(25-15)13-29-19-11-9-18(24)10-12-19)23(28)30-14-21(27)26(3)16(2)17-7-5-4-6-8-17/h4-12,16H,13-14H2,1-3H3. The third-order valence-electron chi connectivity index (χ3n) is 4.79. The Balaban J connectivity index is 1.54. The van der Waals surface area contributed by atoms with E-state index in [9.17, 15) is 9.59 Å². The lowest BCUT2D eigenvalue weighted by Gasteiger charge is -2.25. The number of nitrogens with zero attached hydrogens (tertiary/aromatic N) is 2. The second-order valence-electron chi connectivity index (χ2n) is 6.93. The van der Waals surface area contributed by atoms with E-state index in [1.165, 1.54) is 11.3 Å². The van der Waals surface area contributed by atoms with Gasteiger partial charge in [0.15, 0.2) is 6.61 Å². The molecule has 6 nitrogen and oxygen atoms in total. The molecule has 1 atom stereocenters. The van der Waals surface area contributed by atoms with E-state index in [1.54, 1.807) is 43.1 Å². The number of ether oxygens (including phenoxy) is 2. The average Bonchev–Trinajstić information content (AvgIpc) is 3.17. The van der Waals surface area contributed by atoms with Crippen molar-refractivity contribution in [3.05, 3.63) is 80.8 Å². The van der Waals surface area contributed by atoms with Gasteiger partial charge in [0.2, 0.25) is 0 Å². The highest BCUT2D eigenvalue weighted by molar-refractivity contribution is 7.13. The molecule has 1 aromatic heterocycles. The second kappa shape index (κ2) is 10.4. The maximum Gasteiger partial charge on any atom is 0.350 e. The molecule has 0 aliphatic rings. The molecule has 2 aromatic carbocycles. The highest BCUT2D eigenvalue weighted by Crippen LogP contribution is 2.23. The SMILES string of the molecule is Cc1nc(COc2ccc(Cl)cc2)sc1C(=O)OCC(=O)N(C)C(C)c1ccccc1. The van der Waals surface area contributed by atoms with Crippen molar-refractivity contribution < 1.29 is 19.1 Å². The summed E-state index contributed by atoms with van der Waals surface area (Å²) in [5.74, 6) is -0.192. The van der Waals surface area contributed by atoms with Gasteiger partial charge in [0, 0.05) is 12.1 Å². The zero-order valence-corrected chi connectivity index (χ0v) is 19.1. The number of carbonyl (C=O) groups is 2. The quantitative estimate of drug-likeness (QED) is 0.441. The molecule has 1 unspecified atom stereocenters. The van der Waals surface area contributed by atoms with Gasteiger partial charge in [-0.2, -0.15) is 0 Å². The van der Waals surface area contributed by atoms with E-state index in [4.69, 9.17) is 21.1 Å². The minimum Gasteiger partial charge on any atom is -0.486 e.